The third kappa shape index (κ3) is 3.24. The molecule has 9 heteroatoms. The lowest BCUT2D eigenvalue weighted by Gasteiger charge is -2.12. The number of rotatable bonds is 4. The van der Waals surface area contributed by atoms with Gasteiger partial charge in [-0.2, -0.15) is 0 Å². The lowest BCUT2D eigenvalue weighted by atomic mass is 10.0. The molecule has 3 aromatic heterocycles. The van der Waals surface area contributed by atoms with Crippen LogP contribution in [0.5, 0.6) is 0 Å². The summed E-state index contributed by atoms with van der Waals surface area (Å²) in [7, 11) is 1.73. The number of nitrogens with zero attached hydrogens (tertiary/aromatic N) is 3. The SMILES string of the molecule is Cc1nc2c(c(C)c1CC(=O)Nc1cccc(-n3c(C)c[nH]c3=O)c1)c(=O)[nH]n2C. The molecule has 1 aromatic carbocycles. The van der Waals surface area contributed by atoms with E-state index in [2.05, 4.69) is 20.4 Å². The Hall–Kier alpha value is -3.88. The maximum Gasteiger partial charge on any atom is 0.330 e. The van der Waals surface area contributed by atoms with E-state index in [0.717, 1.165) is 16.8 Å². The second-order valence-electron chi connectivity index (χ2n) is 7.35. The molecule has 154 valence electrons. The van der Waals surface area contributed by atoms with Crippen LogP contribution in [0.1, 0.15) is 22.5 Å². The van der Waals surface area contributed by atoms with Gasteiger partial charge >= 0.3 is 5.69 Å². The monoisotopic (exact) mass is 406 g/mol. The van der Waals surface area contributed by atoms with E-state index in [-0.39, 0.29) is 23.6 Å². The van der Waals surface area contributed by atoms with Crippen molar-refractivity contribution in [2.75, 3.05) is 5.32 Å². The van der Waals surface area contributed by atoms with Gasteiger partial charge < -0.3 is 10.3 Å². The zero-order valence-electron chi connectivity index (χ0n) is 17.2. The molecular weight excluding hydrogens is 384 g/mol. The maximum atomic E-state index is 12.7. The summed E-state index contributed by atoms with van der Waals surface area (Å²) in [5.41, 5.74) is 4.28. The molecule has 0 fully saturated rings. The summed E-state index contributed by atoms with van der Waals surface area (Å²) in [6, 6.07) is 7.07. The third-order valence-corrected chi connectivity index (χ3v) is 5.26. The van der Waals surface area contributed by atoms with Crippen molar-refractivity contribution in [3.8, 4) is 5.69 Å². The van der Waals surface area contributed by atoms with Gasteiger partial charge in [0.05, 0.1) is 17.5 Å². The van der Waals surface area contributed by atoms with Crippen molar-refractivity contribution in [1.29, 1.82) is 0 Å². The Labute approximate surface area is 171 Å². The Kier molecular flexibility index (Phi) is 4.65. The van der Waals surface area contributed by atoms with Crippen molar-refractivity contribution in [2.45, 2.75) is 27.2 Å². The first-order valence-electron chi connectivity index (χ1n) is 9.48. The molecule has 3 heterocycles. The highest BCUT2D eigenvalue weighted by atomic mass is 16.2. The first kappa shape index (κ1) is 19.4. The number of H-pyrrole nitrogens is 2. The topological polar surface area (TPSA) is 118 Å². The van der Waals surface area contributed by atoms with Crippen molar-refractivity contribution in [1.82, 2.24) is 24.3 Å². The van der Waals surface area contributed by atoms with Crippen LogP contribution in [-0.4, -0.2) is 30.2 Å². The fraction of sp³-hybridized carbons (Fsp3) is 0.238. The number of nitrogens with one attached hydrogen (secondary N) is 3. The minimum Gasteiger partial charge on any atom is -0.326 e. The van der Waals surface area contributed by atoms with Crippen LogP contribution in [0.25, 0.3) is 16.7 Å². The van der Waals surface area contributed by atoms with E-state index >= 15 is 0 Å². The Morgan fingerprint density at radius 2 is 1.97 bits per heavy atom. The number of aromatic nitrogens is 5. The number of carbonyl (C=O) groups is 1. The number of anilines is 1. The van der Waals surface area contributed by atoms with Gasteiger partial charge in [0.1, 0.15) is 0 Å². The quantitative estimate of drug-likeness (QED) is 0.479. The second kappa shape index (κ2) is 7.18. The first-order chi connectivity index (χ1) is 14.3. The van der Waals surface area contributed by atoms with Crippen molar-refractivity contribution >= 4 is 22.6 Å². The number of hydrogen-bond acceptors (Lipinski definition) is 4. The smallest absolute Gasteiger partial charge is 0.326 e. The molecule has 0 radical (unpaired) electrons. The molecule has 0 bridgehead atoms. The molecule has 30 heavy (non-hydrogen) atoms. The molecule has 0 saturated heterocycles. The average molecular weight is 406 g/mol. The Bertz CT molecular complexity index is 1400. The number of hydrogen-bond donors (Lipinski definition) is 3. The van der Waals surface area contributed by atoms with Gasteiger partial charge in [-0.15, -0.1) is 0 Å². The van der Waals surface area contributed by atoms with Gasteiger partial charge in [-0.05, 0) is 50.1 Å². The van der Waals surface area contributed by atoms with E-state index in [4.69, 9.17) is 0 Å². The lowest BCUT2D eigenvalue weighted by Crippen LogP contribution is -2.18. The molecule has 0 unspecified atom stereocenters. The van der Waals surface area contributed by atoms with Gasteiger partial charge in [0.25, 0.3) is 5.56 Å². The van der Waals surface area contributed by atoms with Crippen LogP contribution in [-0.2, 0) is 18.3 Å². The molecule has 4 aromatic rings. The maximum absolute atomic E-state index is 12.7. The number of fused-ring (bicyclic) bond motifs is 1. The molecule has 0 atom stereocenters. The number of benzene rings is 1. The summed E-state index contributed by atoms with van der Waals surface area (Å²) in [6.07, 6.45) is 1.72. The number of aryl methyl sites for hydroxylation is 4. The summed E-state index contributed by atoms with van der Waals surface area (Å²) in [5, 5.41) is 6.07. The van der Waals surface area contributed by atoms with Crippen LogP contribution in [0, 0.1) is 20.8 Å². The summed E-state index contributed by atoms with van der Waals surface area (Å²) >= 11 is 0. The minimum absolute atomic E-state index is 0.0856. The van der Waals surface area contributed by atoms with Crippen LogP contribution < -0.4 is 16.6 Å². The molecule has 0 aliphatic carbocycles. The van der Waals surface area contributed by atoms with Crippen LogP contribution >= 0.6 is 0 Å². The van der Waals surface area contributed by atoms with Crippen molar-refractivity contribution < 1.29 is 4.79 Å². The largest absolute Gasteiger partial charge is 0.330 e. The first-order valence-corrected chi connectivity index (χ1v) is 9.48. The predicted molar refractivity (Wildman–Crippen MR) is 114 cm³/mol. The van der Waals surface area contributed by atoms with Gasteiger partial charge in [-0.3, -0.25) is 23.9 Å². The Morgan fingerprint density at radius 3 is 2.67 bits per heavy atom. The fourth-order valence-corrected chi connectivity index (χ4v) is 3.77. The second-order valence-corrected chi connectivity index (χ2v) is 7.35. The third-order valence-electron chi connectivity index (χ3n) is 5.26. The van der Waals surface area contributed by atoms with Crippen LogP contribution in [0.3, 0.4) is 0 Å². The van der Waals surface area contributed by atoms with Crippen LogP contribution in [0.4, 0.5) is 5.69 Å². The number of aromatic amines is 2. The molecule has 0 saturated carbocycles. The van der Waals surface area contributed by atoms with E-state index in [1.165, 1.54) is 4.57 Å². The molecule has 1 amide bonds. The van der Waals surface area contributed by atoms with Gasteiger partial charge in [-0.1, -0.05) is 6.07 Å². The minimum atomic E-state index is -0.241. The van der Waals surface area contributed by atoms with E-state index in [1.54, 1.807) is 42.2 Å². The average Bonchev–Trinajstić information content (AvgIpc) is 3.16. The summed E-state index contributed by atoms with van der Waals surface area (Å²) in [5.74, 6) is -0.231. The van der Waals surface area contributed by atoms with Crippen LogP contribution in [0.2, 0.25) is 0 Å². The summed E-state index contributed by atoms with van der Waals surface area (Å²) in [6.45, 7) is 5.48. The molecule has 0 aliphatic heterocycles. The van der Waals surface area contributed by atoms with Gasteiger partial charge in [0, 0.05) is 30.3 Å². The Balaban J connectivity index is 1.62. The Morgan fingerprint density at radius 1 is 1.20 bits per heavy atom. The van der Waals surface area contributed by atoms with E-state index < -0.39 is 0 Å². The summed E-state index contributed by atoms with van der Waals surface area (Å²) in [4.78, 5) is 44.1. The molecule has 9 nitrogen and oxygen atoms in total. The predicted octanol–water partition coefficient (Wildman–Crippen LogP) is 1.85. The van der Waals surface area contributed by atoms with Crippen molar-refractivity contribution in [3.63, 3.8) is 0 Å². The van der Waals surface area contributed by atoms with Gasteiger partial charge in [-0.25, -0.2) is 9.78 Å². The van der Waals surface area contributed by atoms with E-state index in [9.17, 15) is 14.4 Å². The number of imidazole rings is 1. The zero-order valence-corrected chi connectivity index (χ0v) is 17.2. The van der Waals surface area contributed by atoms with Gasteiger partial charge in [0.15, 0.2) is 5.65 Å². The molecule has 4 rings (SSSR count). The van der Waals surface area contributed by atoms with Crippen molar-refractivity contribution in [3.05, 3.63) is 73.8 Å². The standard InChI is InChI=1S/C21H22N6O3/c1-11-10-22-21(30)27(11)15-7-5-6-14(8-15)24-17(28)9-16-12(2)18-19(23-13(16)3)26(4)25-20(18)29/h5-8,10H,9H2,1-4H3,(H,22,30)(H,24,28)(H,25,29). The number of amides is 1. The van der Waals surface area contributed by atoms with E-state index in [0.29, 0.717) is 28.1 Å². The van der Waals surface area contributed by atoms with Crippen LogP contribution in [0.15, 0.2) is 40.1 Å². The number of carbonyl (C=O) groups excluding carboxylic acids is 1. The molecular formula is C21H22N6O3. The van der Waals surface area contributed by atoms with Crippen molar-refractivity contribution in [2.24, 2.45) is 7.05 Å². The molecule has 3 N–H and O–H groups in total. The van der Waals surface area contributed by atoms with E-state index in [1.807, 2.05) is 20.8 Å². The lowest BCUT2D eigenvalue weighted by molar-refractivity contribution is -0.115. The fourth-order valence-electron chi connectivity index (χ4n) is 3.77. The normalized spacial score (nSPS) is 11.2. The summed E-state index contributed by atoms with van der Waals surface area (Å²) < 4.78 is 3.11. The highest BCUT2D eigenvalue weighted by molar-refractivity contribution is 5.94. The zero-order chi connectivity index (χ0) is 21.6. The molecule has 0 aliphatic rings. The highest BCUT2D eigenvalue weighted by Crippen LogP contribution is 2.21. The highest BCUT2D eigenvalue weighted by Gasteiger charge is 2.17. The number of pyridine rings is 1. The molecule has 0 spiro atoms. The van der Waals surface area contributed by atoms with Gasteiger partial charge in [0.2, 0.25) is 5.91 Å².